The van der Waals surface area contributed by atoms with E-state index >= 15 is 0 Å². The summed E-state index contributed by atoms with van der Waals surface area (Å²) in [6, 6.07) is 6.10. The molecular formula is C10H14N2O. The lowest BCUT2D eigenvalue weighted by Crippen LogP contribution is -2.02. The zero-order valence-electron chi connectivity index (χ0n) is 7.86. The molecule has 1 aliphatic rings. The molecule has 0 unspecified atom stereocenters. The van der Waals surface area contributed by atoms with E-state index in [9.17, 15) is 0 Å². The summed E-state index contributed by atoms with van der Waals surface area (Å²) in [4.78, 5) is 6.82. The van der Waals surface area contributed by atoms with Crippen LogP contribution in [0.1, 0.15) is 11.4 Å². The van der Waals surface area contributed by atoms with Gasteiger partial charge >= 0.3 is 0 Å². The molecule has 2 heterocycles. The highest BCUT2D eigenvalue weighted by molar-refractivity contribution is 5.11. The maximum Gasteiger partial charge on any atom is 0.0884 e. The highest BCUT2D eigenvalue weighted by Crippen LogP contribution is 2.10. The molecule has 0 aromatic carbocycles. The van der Waals surface area contributed by atoms with E-state index in [1.54, 1.807) is 7.11 Å². The van der Waals surface area contributed by atoms with Gasteiger partial charge in [0.15, 0.2) is 0 Å². The standard InChI is InChI=1S/C10H14N2O/c1-13-8-10-4-2-3-9(11-10)7-12-5-6-12/h2-4H,5-8H2,1H3. The van der Waals surface area contributed by atoms with Crippen LogP contribution in [0.3, 0.4) is 0 Å². The molecule has 0 radical (unpaired) electrons. The molecule has 0 saturated carbocycles. The predicted octanol–water partition coefficient (Wildman–Crippen LogP) is 1.04. The van der Waals surface area contributed by atoms with Gasteiger partial charge in [-0.2, -0.15) is 0 Å². The lowest BCUT2D eigenvalue weighted by molar-refractivity contribution is 0.181. The summed E-state index contributed by atoms with van der Waals surface area (Å²) < 4.78 is 5.03. The van der Waals surface area contributed by atoms with Crippen molar-refractivity contribution in [2.45, 2.75) is 13.2 Å². The van der Waals surface area contributed by atoms with E-state index < -0.39 is 0 Å². The summed E-state index contributed by atoms with van der Waals surface area (Å²) in [6.45, 7) is 4.03. The predicted molar refractivity (Wildman–Crippen MR) is 50.2 cm³/mol. The Balaban J connectivity index is 2.02. The molecule has 0 spiro atoms. The second kappa shape index (κ2) is 3.85. The van der Waals surface area contributed by atoms with Crippen LogP contribution < -0.4 is 0 Å². The molecule has 2 rings (SSSR count). The minimum atomic E-state index is 0.605. The Hall–Kier alpha value is -0.930. The van der Waals surface area contributed by atoms with Gasteiger partial charge in [-0.15, -0.1) is 0 Å². The number of ether oxygens (including phenoxy) is 1. The van der Waals surface area contributed by atoms with E-state index in [1.807, 2.05) is 12.1 Å². The quantitative estimate of drug-likeness (QED) is 0.644. The van der Waals surface area contributed by atoms with Crippen molar-refractivity contribution in [3.63, 3.8) is 0 Å². The summed E-state index contributed by atoms with van der Waals surface area (Å²) >= 11 is 0. The van der Waals surface area contributed by atoms with Crippen LogP contribution in [0.2, 0.25) is 0 Å². The van der Waals surface area contributed by atoms with Crippen LogP contribution in [0.4, 0.5) is 0 Å². The molecule has 0 bridgehead atoms. The van der Waals surface area contributed by atoms with Crippen molar-refractivity contribution >= 4 is 0 Å². The maximum absolute atomic E-state index is 5.03. The van der Waals surface area contributed by atoms with E-state index in [1.165, 1.54) is 13.1 Å². The minimum absolute atomic E-state index is 0.605. The number of hydrogen-bond acceptors (Lipinski definition) is 3. The summed E-state index contributed by atoms with van der Waals surface area (Å²) in [5.74, 6) is 0. The van der Waals surface area contributed by atoms with E-state index in [0.717, 1.165) is 17.9 Å². The molecule has 0 atom stereocenters. The molecule has 70 valence electrons. The van der Waals surface area contributed by atoms with Crippen molar-refractivity contribution in [1.82, 2.24) is 9.88 Å². The summed E-state index contributed by atoms with van der Waals surface area (Å²) in [7, 11) is 1.69. The zero-order chi connectivity index (χ0) is 9.10. The lowest BCUT2D eigenvalue weighted by atomic mass is 10.3. The Morgan fingerprint density at radius 3 is 2.85 bits per heavy atom. The fourth-order valence-corrected chi connectivity index (χ4v) is 1.30. The van der Waals surface area contributed by atoms with Crippen LogP contribution in [-0.4, -0.2) is 30.1 Å². The molecule has 13 heavy (non-hydrogen) atoms. The molecule has 0 aliphatic carbocycles. The number of nitrogens with zero attached hydrogens (tertiary/aromatic N) is 2. The summed E-state index contributed by atoms with van der Waals surface area (Å²) in [5, 5.41) is 0. The highest BCUT2D eigenvalue weighted by Gasteiger charge is 2.17. The Morgan fingerprint density at radius 1 is 1.38 bits per heavy atom. The first kappa shape index (κ1) is 8.66. The molecule has 1 aromatic heterocycles. The van der Waals surface area contributed by atoms with Gasteiger partial charge in [0.25, 0.3) is 0 Å². The van der Waals surface area contributed by atoms with Crippen molar-refractivity contribution in [2.24, 2.45) is 0 Å². The topological polar surface area (TPSA) is 25.1 Å². The third kappa shape index (κ3) is 2.50. The third-order valence-electron chi connectivity index (χ3n) is 2.08. The Labute approximate surface area is 78.3 Å². The number of rotatable bonds is 4. The van der Waals surface area contributed by atoms with Gasteiger partial charge in [0.2, 0.25) is 0 Å². The van der Waals surface area contributed by atoms with Gasteiger partial charge in [-0.1, -0.05) is 6.07 Å². The fraction of sp³-hybridized carbons (Fsp3) is 0.500. The molecule has 3 nitrogen and oxygen atoms in total. The molecule has 0 amide bonds. The van der Waals surface area contributed by atoms with E-state index in [0.29, 0.717) is 6.61 Å². The first-order valence-electron chi connectivity index (χ1n) is 4.54. The average Bonchev–Trinajstić information content (AvgIpc) is 2.90. The highest BCUT2D eigenvalue weighted by atomic mass is 16.5. The second-order valence-electron chi connectivity index (χ2n) is 3.33. The molecule has 1 fully saturated rings. The van der Waals surface area contributed by atoms with Gasteiger partial charge in [-0.3, -0.25) is 9.88 Å². The van der Waals surface area contributed by atoms with E-state index in [4.69, 9.17) is 4.74 Å². The van der Waals surface area contributed by atoms with Gasteiger partial charge in [0.05, 0.1) is 18.0 Å². The van der Waals surface area contributed by atoms with Crippen molar-refractivity contribution in [3.8, 4) is 0 Å². The van der Waals surface area contributed by atoms with Gasteiger partial charge in [0, 0.05) is 26.7 Å². The fourth-order valence-electron chi connectivity index (χ4n) is 1.30. The van der Waals surface area contributed by atoms with Crippen LogP contribution in [-0.2, 0) is 17.9 Å². The Morgan fingerprint density at radius 2 is 2.15 bits per heavy atom. The zero-order valence-corrected chi connectivity index (χ0v) is 7.86. The number of methoxy groups -OCH3 is 1. The van der Waals surface area contributed by atoms with Crippen molar-refractivity contribution in [3.05, 3.63) is 29.6 Å². The Kier molecular flexibility index (Phi) is 2.57. The van der Waals surface area contributed by atoms with Crippen LogP contribution in [0.5, 0.6) is 0 Å². The van der Waals surface area contributed by atoms with Gasteiger partial charge < -0.3 is 4.74 Å². The Bertz CT molecular complexity index is 284. The smallest absolute Gasteiger partial charge is 0.0884 e. The summed E-state index contributed by atoms with van der Waals surface area (Å²) in [5.41, 5.74) is 2.16. The van der Waals surface area contributed by atoms with E-state index in [-0.39, 0.29) is 0 Å². The number of aromatic nitrogens is 1. The van der Waals surface area contributed by atoms with Crippen molar-refractivity contribution in [1.29, 1.82) is 0 Å². The minimum Gasteiger partial charge on any atom is -0.378 e. The molecular weight excluding hydrogens is 164 g/mol. The van der Waals surface area contributed by atoms with Crippen LogP contribution in [0.15, 0.2) is 18.2 Å². The molecule has 1 saturated heterocycles. The largest absolute Gasteiger partial charge is 0.378 e. The number of hydrogen-bond donors (Lipinski definition) is 0. The van der Waals surface area contributed by atoms with Gasteiger partial charge in [0.1, 0.15) is 0 Å². The van der Waals surface area contributed by atoms with Crippen molar-refractivity contribution < 1.29 is 4.74 Å². The van der Waals surface area contributed by atoms with Crippen LogP contribution in [0.25, 0.3) is 0 Å². The summed E-state index contributed by atoms with van der Waals surface area (Å²) in [6.07, 6.45) is 0. The van der Waals surface area contributed by atoms with Crippen molar-refractivity contribution in [2.75, 3.05) is 20.2 Å². The first-order chi connectivity index (χ1) is 6.38. The molecule has 1 aromatic rings. The molecule has 3 heteroatoms. The third-order valence-corrected chi connectivity index (χ3v) is 2.08. The monoisotopic (exact) mass is 178 g/mol. The SMILES string of the molecule is COCc1cccc(CN2CC2)n1. The number of pyridine rings is 1. The van der Waals surface area contributed by atoms with Gasteiger partial charge in [-0.25, -0.2) is 0 Å². The lowest BCUT2D eigenvalue weighted by Gasteiger charge is -2.03. The maximum atomic E-state index is 5.03. The second-order valence-corrected chi connectivity index (χ2v) is 3.33. The molecule has 0 N–H and O–H groups in total. The van der Waals surface area contributed by atoms with E-state index in [2.05, 4.69) is 16.0 Å². The van der Waals surface area contributed by atoms with Crippen LogP contribution >= 0.6 is 0 Å². The average molecular weight is 178 g/mol. The first-order valence-corrected chi connectivity index (χ1v) is 4.54. The normalized spacial score (nSPS) is 16.1. The molecule has 1 aliphatic heterocycles. The van der Waals surface area contributed by atoms with Gasteiger partial charge in [-0.05, 0) is 12.1 Å². The van der Waals surface area contributed by atoms with Crippen LogP contribution in [0, 0.1) is 0 Å².